The lowest BCUT2D eigenvalue weighted by Crippen LogP contribution is -2.14. The minimum Gasteiger partial charge on any atom is -0.506 e. The molecule has 0 unspecified atom stereocenters. The van der Waals surface area contributed by atoms with E-state index in [1.165, 1.54) is 24.3 Å². The van der Waals surface area contributed by atoms with Gasteiger partial charge in [0.15, 0.2) is 5.75 Å². The molecule has 0 atom stereocenters. The summed E-state index contributed by atoms with van der Waals surface area (Å²) in [6.07, 6.45) is -3.58. The van der Waals surface area contributed by atoms with Crippen LogP contribution in [0.3, 0.4) is 0 Å². The highest BCUT2D eigenvalue weighted by molar-refractivity contribution is 6.12. The van der Waals surface area contributed by atoms with Gasteiger partial charge in [-0.15, -0.1) is 0 Å². The molecular weight excluding hydrogens is 443 g/mol. The van der Waals surface area contributed by atoms with Crippen LogP contribution in [-0.4, -0.2) is 31.1 Å². The first-order valence-corrected chi connectivity index (χ1v) is 9.22. The molecule has 1 amide bonds. The lowest BCUT2D eigenvalue weighted by molar-refractivity contribution is -0.137. The second-order valence-corrected chi connectivity index (χ2v) is 6.73. The summed E-state index contributed by atoms with van der Waals surface area (Å²) in [5.41, 5.74) is 4.47. The number of phenolic OH excluding ortho intramolecular Hbond substituents is 1. The number of phenols is 1. The molecule has 4 aromatic rings. The van der Waals surface area contributed by atoms with Crippen molar-refractivity contribution in [2.45, 2.75) is 6.18 Å². The van der Waals surface area contributed by atoms with E-state index in [1.807, 2.05) is 0 Å². The monoisotopic (exact) mass is 457 g/mol. The van der Waals surface area contributed by atoms with Gasteiger partial charge in [-0.25, -0.2) is 9.97 Å². The summed E-state index contributed by atoms with van der Waals surface area (Å²) in [6, 6.07) is 9.64. The standard InChI is InChI=1S/C21H14F3N5O4/c22-21(23,24)10-4-6-15(30)14(8-10)28-18(32)12-2-1-3-13-11(12)5-7-17(27-13)33-19-16(31)9-26-20(25)29-19/h1-9,30-31H,(H,28,32)(H2,25,26,29). The number of amides is 1. The molecule has 0 spiro atoms. The number of hydrogen-bond acceptors (Lipinski definition) is 8. The van der Waals surface area contributed by atoms with Crippen molar-refractivity contribution in [2.24, 2.45) is 0 Å². The first-order valence-electron chi connectivity index (χ1n) is 9.22. The zero-order chi connectivity index (χ0) is 23.8. The number of nitrogens with two attached hydrogens (primary N) is 1. The summed E-state index contributed by atoms with van der Waals surface area (Å²) in [6.45, 7) is 0. The van der Waals surface area contributed by atoms with Crippen LogP contribution in [0.5, 0.6) is 23.3 Å². The number of ether oxygens (including phenoxy) is 1. The van der Waals surface area contributed by atoms with Gasteiger partial charge in [-0.1, -0.05) is 6.07 Å². The largest absolute Gasteiger partial charge is 0.506 e. The second kappa shape index (κ2) is 8.15. The van der Waals surface area contributed by atoms with Gasteiger partial charge in [-0.05, 0) is 36.4 Å². The Bertz CT molecular complexity index is 1380. The number of alkyl halides is 3. The zero-order valence-corrected chi connectivity index (χ0v) is 16.5. The van der Waals surface area contributed by atoms with Gasteiger partial charge in [0.05, 0.1) is 23.0 Å². The van der Waals surface area contributed by atoms with E-state index in [-0.39, 0.29) is 29.0 Å². The Hall–Kier alpha value is -4.61. The Morgan fingerprint density at radius 2 is 1.82 bits per heavy atom. The number of rotatable bonds is 4. The number of halogens is 3. The van der Waals surface area contributed by atoms with Gasteiger partial charge in [0.2, 0.25) is 11.8 Å². The van der Waals surface area contributed by atoms with Crippen molar-refractivity contribution in [2.75, 3.05) is 11.1 Å². The molecule has 0 aliphatic carbocycles. The molecule has 0 radical (unpaired) electrons. The van der Waals surface area contributed by atoms with E-state index in [1.54, 1.807) is 6.07 Å². The number of nitrogen functional groups attached to an aromatic ring is 1. The van der Waals surface area contributed by atoms with Crippen molar-refractivity contribution in [1.82, 2.24) is 15.0 Å². The third-order valence-corrected chi connectivity index (χ3v) is 4.48. The molecule has 0 aliphatic rings. The lowest BCUT2D eigenvalue weighted by atomic mass is 10.1. The summed E-state index contributed by atoms with van der Waals surface area (Å²) in [7, 11) is 0. The Morgan fingerprint density at radius 1 is 1.03 bits per heavy atom. The van der Waals surface area contributed by atoms with Crippen LogP contribution in [0, 0.1) is 0 Å². The summed E-state index contributed by atoms with van der Waals surface area (Å²) in [4.78, 5) is 24.4. The predicted octanol–water partition coefficient (Wildman–Crippen LogP) is 4.08. The summed E-state index contributed by atoms with van der Waals surface area (Å²) in [5, 5.41) is 22.3. The van der Waals surface area contributed by atoms with Crippen LogP contribution in [0.2, 0.25) is 0 Å². The van der Waals surface area contributed by atoms with Crippen LogP contribution in [0.15, 0.2) is 54.7 Å². The molecule has 0 bridgehead atoms. The van der Waals surface area contributed by atoms with Gasteiger partial charge in [0.25, 0.3) is 11.8 Å². The highest BCUT2D eigenvalue weighted by Crippen LogP contribution is 2.35. The molecule has 0 saturated heterocycles. The number of aromatic nitrogens is 3. The van der Waals surface area contributed by atoms with Crippen LogP contribution in [0.25, 0.3) is 10.9 Å². The van der Waals surface area contributed by atoms with E-state index in [0.717, 1.165) is 12.3 Å². The van der Waals surface area contributed by atoms with Gasteiger partial charge in [0.1, 0.15) is 5.75 Å². The fraction of sp³-hybridized carbons (Fsp3) is 0.0476. The molecule has 2 aromatic heterocycles. The number of aromatic hydroxyl groups is 2. The van der Waals surface area contributed by atoms with Crippen LogP contribution >= 0.6 is 0 Å². The topological polar surface area (TPSA) is 143 Å². The van der Waals surface area contributed by atoms with Crippen LogP contribution < -0.4 is 15.8 Å². The minimum atomic E-state index is -4.64. The first kappa shape index (κ1) is 21.6. The highest BCUT2D eigenvalue weighted by Gasteiger charge is 2.31. The molecule has 0 saturated carbocycles. The smallest absolute Gasteiger partial charge is 0.416 e. The van der Waals surface area contributed by atoms with E-state index < -0.39 is 29.1 Å². The van der Waals surface area contributed by atoms with E-state index >= 15 is 0 Å². The van der Waals surface area contributed by atoms with Crippen molar-refractivity contribution in [3.8, 4) is 23.3 Å². The minimum absolute atomic E-state index is 0.0315. The number of nitrogens with one attached hydrogen (secondary N) is 1. The average molecular weight is 457 g/mol. The lowest BCUT2D eigenvalue weighted by Gasteiger charge is -2.13. The number of pyridine rings is 1. The van der Waals surface area contributed by atoms with Crippen molar-refractivity contribution in [3.05, 3.63) is 65.9 Å². The SMILES string of the molecule is Nc1ncc(O)c(Oc2ccc3c(C(=O)Nc4cc(C(F)(F)F)ccc4O)cccc3n2)n1. The van der Waals surface area contributed by atoms with Gasteiger partial charge >= 0.3 is 6.18 Å². The Morgan fingerprint density at radius 3 is 2.58 bits per heavy atom. The fourth-order valence-electron chi connectivity index (χ4n) is 2.94. The molecule has 33 heavy (non-hydrogen) atoms. The van der Waals surface area contributed by atoms with Crippen LogP contribution in [0.4, 0.5) is 24.8 Å². The van der Waals surface area contributed by atoms with Gasteiger partial charge in [0, 0.05) is 17.0 Å². The number of benzene rings is 2. The summed E-state index contributed by atoms with van der Waals surface area (Å²) in [5.74, 6) is -1.95. The van der Waals surface area contributed by atoms with Gasteiger partial charge in [-0.2, -0.15) is 18.2 Å². The number of nitrogens with zero attached hydrogens (tertiary/aromatic N) is 3. The predicted molar refractivity (Wildman–Crippen MR) is 111 cm³/mol. The maximum absolute atomic E-state index is 13.0. The van der Waals surface area contributed by atoms with Crippen LogP contribution in [0.1, 0.15) is 15.9 Å². The average Bonchev–Trinajstić information content (AvgIpc) is 2.76. The van der Waals surface area contributed by atoms with E-state index in [4.69, 9.17) is 10.5 Å². The fourth-order valence-corrected chi connectivity index (χ4v) is 2.94. The second-order valence-electron chi connectivity index (χ2n) is 6.73. The normalized spacial score (nSPS) is 11.4. The molecule has 0 aliphatic heterocycles. The first-order chi connectivity index (χ1) is 15.6. The van der Waals surface area contributed by atoms with Crippen molar-refractivity contribution < 1.29 is 32.9 Å². The molecule has 12 heteroatoms. The van der Waals surface area contributed by atoms with Gasteiger partial charge < -0.3 is 26.0 Å². The highest BCUT2D eigenvalue weighted by atomic mass is 19.4. The maximum Gasteiger partial charge on any atom is 0.416 e. The molecule has 4 rings (SSSR count). The molecule has 9 nitrogen and oxygen atoms in total. The Balaban J connectivity index is 1.64. The van der Waals surface area contributed by atoms with Crippen LogP contribution in [-0.2, 0) is 6.18 Å². The molecule has 168 valence electrons. The molecule has 0 fully saturated rings. The van der Waals surface area contributed by atoms with Crippen molar-refractivity contribution in [3.63, 3.8) is 0 Å². The molecule has 5 N–H and O–H groups in total. The number of anilines is 2. The zero-order valence-electron chi connectivity index (χ0n) is 16.5. The number of fused-ring (bicyclic) bond motifs is 1. The Kier molecular flexibility index (Phi) is 5.34. The Labute approximate surface area is 183 Å². The van der Waals surface area contributed by atoms with Crippen molar-refractivity contribution >= 4 is 28.4 Å². The molecule has 2 heterocycles. The molecule has 2 aromatic carbocycles. The summed E-state index contributed by atoms with van der Waals surface area (Å²) < 4.78 is 44.3. The number of carbonyl (C=O) groups is 1. The molecular formula is C21H14F3N5O4. The third kappa shape index (κ3) is 4.54. The van der Waals surface area contributed by atoms with Crippen molar-refractivity contribution in [1.29, 1.82) is 0 Å². The summed E-state index contributed by atoms with van der Waals surface area (Å²) >= 11 is 0. The third-order valence-electron chi connectivity index (χ3n) is 4.48. The van der Waals surface area contributed by atoms with E-state index in [9.17, 15) is 28.2 Å². The number of carbonyl (C=O) groups excluding carboxylic acids is 1. The van der Waals surface area contributed by atoms with E-state index in [0.29, 0.717) is 23.0 Å². The maximum atomic E-state index is 13.0. The quantitative estimate of drug-likeness (QED) is 0.336. The van der Waals surface area contributed by atoms with Gasteiger partial charge in [-0.3, -0.25) is 4.79 Å². The number of hydrogen-bond donors (Lipinski definition) is 4. The van der Waals surface area contributed by atoms with E-state index in [2.05, 4.69) is 20.3 Å².